The van der Waals surface area contributed by atoms with Crippen molar-refractivity contribution < 1.29 is 0 Å². The highest BCUT2D eigenvalue weighted by molar-refractivity contribution is 5.90. The highest BCUT2D eigenvalue weighted by Crippen LogP contribution is 2.61. The van der Waals surface area contributed by atoms with Crippen LogP contribution in [0.25, 0.3) is 0 Å². The molecular weight excluding hydrogens is 512 g/mol. The topological polar surface area (TPSA) is 13.0 Å². The zero-order chi connectivity index (χ0) is 28.3. The molecule has 0 fully saturated rings. The number of hydrogen-bond acceptors (Lipinski definition) is 4. The zero-order valence-corrected chi connectivity index (χ0v) is 24.9. The summed E-state index contributed by atoms with van der Waals surface area (Å²) in [7, 11) is 0. The van der Waals surface area contributed by atoms with E-state index in [2.05, 4.69) is 144 Å². The maximum Gasteiger partial charge on any atom is 0.156 e. The molecule has 10 rings (SSSR count). The average molecular weight is 551 g/mol. The molecular formula is C38H38N4. The van der Waals surface area contributed by atoms with E-state index in [0.29, 0.717) is 35.8 Å². The van der Waals surface area contributed by atoms with E-state index >= 15 is 0 Å². The van der Waals surface area contributed by atoms with E-state index in [1.165, 1.54) is 34.4 Å². The van der Waals surface area contributed by atoms with Crippen LogP contribution in [-0.4, -0.2) is 25.2 Å². The second kappa shape index (κ2) is 8.67. The molecule has 4 heteroatoms. The summed E-state index contributed by atoms with van der Waals surface area (Å²) in [4.78, 5) is 10.6. The van der Waals surface area contributed by atoms with Crippen LogP contribution in [0.3, 0.4) is 0 Å². The van der Waals surface area contributed by atoms with Crippen LogP contribution in [0.2, 0.25) is 0 Å². The molecule has 0 aromatic heterocycles. The molecule has 4 nitrogen and oxygen atoms in total. The summed E-state index contributed by atoms with van der Waals surface area (Å²) < 4.78 is 0. The Morgan fingerprint density at radius 2 is 0.762 bits per heavy atom. The molecule has 3 heterocycles. The molecule has 42 heavy (non-hydrogen) atoms. The van der Waals surface area contributed by atoms with E-state index in [0.717, 1.165) is 13.1 Å². The number of fused-ring (bicyclic) bond motifs is 6. The first-order valence-corrected chi connectivity index (χ1v) is 15.8. The fourth-order valence-electron chi connectivity index (χ4n) is 9.19. The van der Waals surface area contributed by atoms with Crippen LogP contribution < -0.4 is 19.6 Å². The predicted octanol–water partition coefficient (Wildman–Crippen LogP) is 8.12. The number of para-hydroxylation sites is 4. The second-order valence-electron chi connectivity index (χ2n) is 13.3. The smallest absolute Gasteiger partial charge is 0.156 e. The molecule has 3 aliphatic carbocycles. The molecule has 2 unspecified atom stereocenters. The first-order chi connectivity index (χ1) is 20.5. The maximum absolute atomic E-state index is 2.71. The molecule has 0 amide bonds. The van der Waals surface area contributed by atoms with E-state index in [1.807, 2.05) is 0 Å². The van der Waals surface area contributed by atoms with Crippen molar-refractivity contribution in [3.05, 3.63) is 131 Å². The molecule has 0 N–H and O–H groups in total. The monoisotopic (exact) mass is 550 g/mol. The van der Waals surface area contributed by atoms with Crippen LogP contribution in [0.5, 0.6) is 0 Å². The largest absolute Gasteiger partial charge is 0.323 e. The first-order valence-electron chi connectivity index (χ1n) is 15.8. The summed E-state index contributed by atoms with van der Waals surface area (Å²) in [5.41, 5.74) is 11.5. The summed E-state index contributed by atoms with van der Waals surface area (Å²) in [6.45, 7) is 11.4. The van der Waals surface area contributed by atoms with Crippen LogP contribution in [0.15, 0.2) is 109 Å². The summed E-state index contributed by atoms with van der Waals surface area (Å²) in [5, 5.41) is 0. The number of benzene rings is 4. The highest BCUT2D eigenvalue weighted by Gasteiger charge is 2.54. The third kappa shape index (κ3) is 3.02. The van der Waals surface area contributed by atoms with Gasteiger partial charge >= 0.3 is 0 Å². The second-order valence-corrected chi connectivity index (χ2v) is 13.3. The molecule has 4 aromatic rings. The molecule has 0 spiro atoms. The van der Waals surface area contributed by atoms with E-state index in [4.69, 9.17) is 0 Å². The lowest BCUT2D eigenvalue weighted by molar-refractivity contribution is 0.236. The molecule has 2 bridgehead atoms. The van der Waals surface area contributed by atoms with Crippen LogP contribution in [-0.2, 0) is 0 Å². The number of anilines is 4. The Kier molecular flexibility index (Phi) is 5.04. The lowest BCUT2D eigenvalue weighted by Crippen LogP contribution is -2.53. The van der Waals surface area contributed by atoms with Crippen LogP contribution >= 0.6 is 0 Å². The Morgan fingerprint density at radius 1 is 0.452 bits per heavy atom. The van der Waals surface area contributed by atoms with Crippen molar-refractivity contribution in [2.75, 3.05) is 32.7 Å². The first kappa shape index (κ1) is 24.4. The molecule has 6 aliphatic rings. The van der Waals surface area contributed by atoms with Gasteiger partial charge in [-0.3, -0.25) is 0 Å². The van der Waals surface area contributed by atoms with Crippen LogP contribution in [0.1, 0.15) is 61.8 Å². The Balaban J connectivity index is 1.34. The van der Waals surface area contributed by atoms with Crippen LogP contribution in [0, 0.1) is 11.8 Å². The summed E-state index contributed by atoms with van der Waals surface area (Å²) in [5.74, 6) is 4.48. The van der Waals surface area contributed by atoms with Gasteiger partial charge < -0.3 is 19.6 Å². The zero-order valence-electron chi connectivity index (χ0n) is 24.9. The van der Waals surface area contributed by atoms with Crippen molar-refractivity contribution in [2.45, 2.75) is 51.6 Å². The molecule has 2 atom stereocenters. The standard InChI is InChI=1S/C38H38N4/c1-23(2)41-33-19-11-9-17-31(33)39-21-29-30(22-40-32-18-10-12-20-34(32)42(24(3)4)38(40)37(39)41)36-27-15-7-5-13-25(27)35(29)26-14-6-8-16-28(26)36/h5-20,23-24,29-30,35-36H,21-22H2,1-4H3/b38-37-. The third-order valence-electron chi connectivity index (χ3n) is 10.6. The Labute approximate surface area is 249 Å². The number of hydrogen-bond donors (Lipinski definition) is 0. The quantitative estimate of drug-likeness (QED) is 0.250. The fourth-order valence-corrected chi connectivity index (χ4v) is 9.19. The Morgan fingerprint density at radius 3 is 1.10 bits per heavy atom. The van der Waals surface area contributed by atoms with Gasteiger partial charge in [-0.25, -0.2) is 0 Å². The normalized spacial score (nSPS) is 26.3. The van der Waals surface area contributed by atoms with Gasteiger partial charge in [0.15, 0.2) is 11.6 Å². The van der Waals surface area contributed by atoms with Gasteiger partial charge in [-0.2, -0.15) is 0 Å². The molecule has 0 saturated heterocycles. The van der Waals surface area contributed by atoms with Gasteiger partial charge in [0.2, 0.25) is 0 Å². The minimum atomic E-state index is 0.331. The van der Waals surface area contributed by atoms with Crippen molar-refractivity contribution in [2.24, 2.45) is 11.8 Å². The van der Waals surface area contributed by atoms with Crippen molar-refractivity contribution in [3.8, 4) is 0 Å². The summed E-state index contributed by atoms with van der Waals surface area (Å²) in [6.07, 6.45) is 0. The fraction of sp³-hybridized carbons (Fsp3) is 0.316. The minimum absolute atomic E-state index is 0.331. The molecule has 0 radical (unpaired) electrons. The lowest BCUT2D eigenvalue weighted by atomic mass is 9.54. The summed E-state index contributed by atoms with van der Waals surface area (Å²) in [6, 6.07) is 37.6. The van der Waals surface area contributed by atoms with E-state index < -0.39 is 0 Å². The van der Waals surface area contributed by atoms with Gasteiger partial charge in [0.25, 0.3) is 0 Å². The Hall–Kier alpha value is -4.18. The van der Waals surface area contributed by atoms with Crippen molar-refractivity contribution in [1.29, 1.82) is 0 Å². The van der Waals surface area contributed by atoms with Gasteiger partial charge in [0.1, 0.15) is 0 Å². The maximum atomic E-state index is 2.71. The van der Waals surface area contributed by atoms with Crippen molar-refractivity contribution in [3.63, 3.8) is 0 Å². The van der Waals surface area contributed by atoms with Gasteiger partial charge in [-0.15, -0.1) is 0 Å². The predicted molar refractivity (Wildman–Crippen MR) is 173 cm³/mol. The highest BCUT2D eigenvalue weighted by atomic mass is 15.5. The van der Waals surface area contributed by atoms with E-state index in [9.17, 15) is 0 Å². The SMILES string of the molecule is CC(C)N1/C2=C3/N(CC4C5c6ccccc6C(c6ccccc65)C4CN2c2ccccc21)c1ccccc1N3C(C)C. The molecule has 0 saturated carbocycles. The lowest BCUT2D eigenvalue weighted by Gasteiger charge is -2.54. The number of rotatable bonds is 2. The van der Waals surface area contributed by atoms with Gasteiger partial charge in [-0.1, -0.05) is 72.8 Å². The molecule has 210 valence electrons. The van der Waals surface area contributed by atoms with Crippen LogP contribution in [0.4, 0.5) is 22.7 Å². The van der Waals surface area contributed by atoms with Crippen molar-refractivity contribution in [1.82, 2.24) is 0 Å². The molecule has 3 aliphatic heterocycles. The van der Waals surface area contributed by atoms with Crippen molar-refractivity contribution >= 4 is 22.7 Å². The van der Waals surface area contributed by atoms with Gasteiger partial charge in [-0.05, 0) is 86.1 Å². The van der Waals surface area contributed by atoms with Gasteiger partial charge in [0.05, 0.1) is 22.7 Å². The summed E-state index contributed by atoms with van der Waals surface area (Å²) >= 11 is 0. The molecule has 4 aromatic carbocycles. The third-order valence-corrected chi connectivity index (χ3v) is 10.6. The van der Waals surface area contributed by atoms with E-state index in [-0.39, 0.29) is 0 Å². The number of nitrogens with zero attached hydrogens (tertiary/aromatic N) is 4. The van der Waals surface area contributed by atoms with E-state index in [1.54, 1.807) is 22.3 Å². The average Bonchev–Trinajstić information content (AvgIpc) is 3.49. The van der Waals surface area contributed by atoms with Gasteiger partial charge in [0, 0.05) is 37.0 Å². The minimum Gasteiger partial charge on any atom is -0.323 e. The Bertz CT molecular complexity index is 1590.